The number of unbranched alkanes of at least 4 members (excludes halogenated alkanes) is 1. The van der Waals surface area contributed by atoms with Gasteiger partial charge in [0.15, 0.2) is 11.9 Å². The van der Waals surface area contributed by atoms with E-state index in [0.29, 0.717) is 6.42 Å². The standard InChI is InChI=1S/C27H38FN2O10PS/c1-27(28)24(32)22(39-25(27)30-14-13-23(31)29-26(30)33)18-20-11-2-3-12-21(20)40-41(34,35)38-15-7-17-42(36,37)16-5-4-8-19-9-6-10-19/h2-3,11-14,19,22,24-25,32H,4-10,15-18H2,1H3,(H,34,35)(H,29,31,33)/t22-,24-,25-,27-/m1/s1. The molecular weight excluding hydrogens is 594 g/mol. The molecule has 1 aromatic heterocycles. The molecule has 0 spiro atoms. The summed E-state index contributed by atoms with van der Waals surface area (Å²) in [4.78, 5) is 35.9. The van der Waals surface area contributed by atoms with Gasteiger partial charge in [-0.2, -0.15) is 0 Å². The largest absolute Gasteiger partial charge is 0.527 e. The average Bonchev–Trinajstić information content (AvgIpc) is 3.10. The van der Waals surface area contributed by atoms with E-state index in [1.165, 1.54) is 37.5 Å². The van der Waals surface area contributed by atoms with Gasteiger partial charge < -0.3 is 14.4 Å². The second kappa shape index (κ2) is 13.5. The van der Waals surface area contributed by atoms with Crippen molar-refractivity contribution in [2.45, 2.75) is 82.4 Å². The van der Waals surface area contributed by atoms with Gasteiger partial charge in [-0.15, -0.1) is 0 Å². The molecule has 1 saturated heterocycles. The summed E-state index contributed by atoms with van der Waals surface area (Å²) < 4.78 is 69.5. The number of sulfone groups is 1. The van der Waals surface area contributed by atoms with E-state index in [9.17, 15) is 32.6 Å². The number of aromatic nitrogens is 2. The highest BCUT2D eigenvalue weighted by atomic mass is 32.2. The van der Waals surface area contributed by atoms with Gasteiger partial charge in [-0.1, -0.05) is 50.3 Å². The predicted molar refractivity (Wildman–Crippen MR) is 152 cm³/mol. The summed E-state index contributed by atoms with van der Waals surface area (Å²) in [5, 5.41) is 10.7. The number of halogens is 1. The minimum Gasteiger partial charge on any atom is -0.404 e. The molecule has 2 heterocycles. The Labute approximate surface area is 243 Å². The zero-order valence-electron chi connectivity index (χ0n) is 23.4. The monoisotopic (exact) mass is 632 g/mol. The number of hydrogen-bond donors (Lipinski definition) is 3. The Morgan fingerprint density at radius 1 is 1.17 bits per heavy atom. The van der Waals surface area contributed by atoms with Crippen molar-refractivity contribution in [2.75, 3.05) is 18.1 Å². The van der Waals surface area contributed by atoms with E-state index in [2.05, 4.69) is 0 Å². The van der Waals surface area contributed by atoms with Crippen LogP contribution in [0.2, 0.25) is 0 Å². The van der Waals surface area contributed by atoms with Crippen LogP contribution in [0, 0.1) is 5.92 Å². The van der Waals surface area contributed by atoms with E-state index < -0.39 is 53.0 Å². The maximum absolute atomic E-state index is 15.5. The summed E-state index contributed by atoms with van der Waals surface area (Å²) in [6.45, 7) is 0.741. The molecule has 1 saturated carbocycles. The molecule has 0 amide bonds. The predicted octanol–water partition coefficient (Wildman–Crippen LogP) is 3.04. The van der Waals surface area contributed by atoms with Crippen molar-refractivity contribution in [1.82, 2.24) is 9.55 Å². The van der Waals surface area contributed by atoms with Crippen molar-refractivity contribution < 1.29 is 41.2 Å². The first-order chi connectivity index (χ1) is 19.8. The summed E-state index contributed by atoms with van der Waals surface area (Å²) in [6.07, 6.45) is 2.72. The van der Waals surface area contributed by atoms with E-state index >= 15 is 4.39 Å². The molecule has 234 valence electrons. The molecule has 42 heavy (non-hydrogen) atoms. The Balaban J connectivity index is 1.31. The third kappa shape index (κ3) is 8.39. The van der Waals surface area contributed by atoms with Gasteiger partial charge in [-0.05, 0) is 37.3 Å². The van der Waals surface area contributed by atoms with Crippen molar-refractivity contribution in [3.63, 3.8) is 0 Å². The lowest BCUT2D eigenvalue weighted by Crippen LogP contribution is -2.43. The third-order valence-corrected chi connectivity index (χ3v) is 10.6. The van der Waals surface area contributed by atoms with Crippen LogP contribution in [0.4, 0.5) is 4.39 Å². The molecule has 12 nitrogen and oxygen atoms in total. The van der Waals surface area contributed by atoms with Gasteiger partial charge >= 0.3 is 13.5 Å². The number of alkyl halides is 1. The lowest BCUT2D eigenvalue weighted by atomic mass is 9.82. The first-order valence-electron chi connectivity index (χ1n) is 14.1. The molecule has 2 fully saturated rings. The number of phosphoric ester groups is 1. The van der Waals surface area contributed by atoms with Crippen LogP contribution in [0.3, 0.4) is 0 Å². The highest BCUT2D eigenvalue weighted by molar-refractivity contribution is 7.91. The molecule has 0 radical (unpaired) electrons. The molecule has 3 N–H and O–H groups in total. The van der Waals surface area contributed by atoms with E-state index in [4.69, 9.17) is 13.8 Å². The van der Waals surface area contributed by atoms with E-state index in [0.717, 1.165) is 42.5 Å². The van der Waals surface area contributed by atoms with Crippen LogP contribution in [0.25, 0.3) is 0 Å². The number of nitrogens with one attached hydrogen (secondary N) is 1. The molecule has 2 aliphatic rings. The molecule has 5 atom stereocenters. The Hall–Kier alpha value is -2.35. The van der Waals surface area contributed by atoms with Gasteiger partial charge in [-0.25, -0.2) is 22.2 Å². The average molecular weight is 633 g/mol. The summed E-state index contributed by atoms with van der Waals surface area (Å²) in [5.41, 5.74) is -3.73. The number of aromatic amines is 1. The number of nitrogens with zero attached hydrogens (tertiary/aromatic N) is 1. The van der Waals surface area contributed by atoms with Crippen LogP contribution < -0.4 is 15.8 Å². The number of aliphatic hydroxyl groups is 1. The fourth-order valence-corrected chi connectivity index (χ4v) is 7.46. The maximum atomic E-state index is 15.5. The summed E-state index contributed by atoms with van der Waals surface area (Å²) >= 11 is 0. The zero-order chi connectivity index (χ0) is 30.5. The minimum atomic E-state index is -4.67. The van der Waals surface area contributed by atoms with Crippen LogP contribution >= 0.6 is 7.82 Å². The Kier molecular flexibility index (Phi) is 10.5. The molecule has 1 unspecified atom stereocenters. The van der Waals surface area contributed by atoms with Gasteiger partial charge in [0.2, 0.25) is 0 Å². The van der Waals surface area contributed by atoms with Crippen molar-refractivity contribution in [2.24, 2.45) is 5.92 Å². The fourth-order valence-electron chi connectivity index (χ4n) is 5.22. The Morgan fingerprint density at radius 3 is 2.57 bits per heavy atom. The van der Waals surface area contributed by atoms with E-state index in [-0.39, 0.29) is 42.3 Å². The second-order valence-electron chi connectivity index (χ2n) is 11.1. The highest BCUT2D eigenvalue weighted by Crippen LogP contribution is 2.46. The van der Waals surface area contributed by atoms with E-state index in [1.807, 2.05) is 4.98 Å². The smallest absolute Gasteiger partial charge is 0.404 e. The van der Waals surface area contributed by atoms with Gasteiger partial charge in [0.1, 0.15) is 21.7 Å². The SMILES string of the molecule is C[C@@]1(F)[C@H](O)[C@@H](Cc2ccccc2OP(=O)(O)OCCCS(=O)(=O)CCCCC2CCC2)O[C@H]1n1ccc(=O)[nH]c1=O. The van der Waals surface area contributed by atoms with Crippen molar-refractivity contribution in [1.29, 1.82) is 0 Å². The number of phosphoric acid groups is 1. The molecule has 0 bridgehead atoms. The van der Waals surface area contributed by atoms with Crippen LogP contribution in [0.1, 0.15) is 63.7 Å². The van der Waals surface area contributed by atoms with Gasteiger partial charge in [0, 0.05) is 18.7 Å². The topological polar surface area (TPSA) is 174 Å². The molecular formula is C27H38FN2O10PS. The number of ether oxygens (including phenoxy) is 1. The number of hydrogen-bond acceptors (Lipinski definition) is 9. The summed E-state index contributed by atoms with van der Waals surface area (Å²) in [6, 6.07) is 7.06. The number of para-hydroxylation sites is 1. The zero-order valence-corrected chi connectivity index (χ0v) is 25.1. The van der Waals surface area contributed by atoms with Crippen molar-refractivity contribution in [3.05, 3.63) is 62.9 Å². The van der Waals surface area contributed by atoms with Gasteiger partial charge in [0.25, 0.3) is 5.56 Å². The quantitative estimate of drug-likeness (QED) is 0.196. The lowest BCUT2D eigenvalue weighted by molar-refractivity contribution is -0.0504. The first kappa shape index (κ1) is 32.6. The van der Waals surface area contributed by atoms with Crippen LogP contribution in [-0.4, -0.2) is 64.0 Å². The third-order valence-electron chi connectivity index (χ3n) is 7.82. The Bertz CT molecular complexity index is 1490. The number of benzene rings is 1. The molecule has 4 rings (SSSR count). The minimum absolute atomic E-state index is 0.0171. The molecule has 2 aromatic rings. The first-order valence-corrected chi connectivity index (χ1v) is 17.4. The van der Waals surface area contributed by atoms with Gasteiger partial charge in [0.05, 0.1) is 24.2 Å². The molecule has 1 aliphatic carbocycles. The van der Waals surface area contributed by atoms with Crippen LogP contribution in [-0.2, 0) is 30.1 Å². The number of aliphatic hydroxyl groups excluding tert-OH is 1. The molecule has 1 aromatic carbocycles. The molecule has 15 heteroatoms. The lowest BCUT2D eigenvalue weighted by Gasteiger charge is -2.24. The maximum Gasteiger partial charge on any atom is 0.527 e. The summed E-state index contributed by atoms with van der Waals surface area (Å²) in [5.74, 6) is 0.550. The normalized spacial score (nSPS) is 26.0. The second-order valence-corrected chi connectivity index (χ2v) is 14.8. The van der Waals surface area contributed by atoms with Crippen LogP contribution in [0.5, 0.6) is 5.75 Å². The van der Waals surface area contributed by atoms with Gasteiger partial charge in [-0.3, -0.25) is 23.8 Å². The van der Waals surface area contributed by atoms with Crippen molar-refractivity contribution in [3.8, 4) is 5.75 Å². The number of H-pyrrole nitrogens is 1. The highest BCUT2D eigenvalue weighted by Gasteiger charge is 2.55. The van der Waals surface area contributed by atoms with Crippen LogP contribution in [0.15, 0.2) is 46.1 Å². The van der Waals surface area contributed by atoms with Crippen molar-refractivity contribution >= 4 is 17.7 Å². The number of rotatable bonds is 15. The Morgan fingerprint density at radius 2 is 1.88 bits per heavy atom. The molecule has 1 aliphatic heterocycles. The summed E-state index contributed by atoms with van der Waals surface area (Å²) in [7, 11) is -7.97. The fraction of sp³-hybridized carbons (Fsp3) is 0.630. The van der Waals surface area contributed by atoms with E-state index in [1.54, 1.807) is 6.07 Å².